The van der Waals surface area contributed by atoms with Crippen LogP contribution >= 0.6 is 11.5 Å². The Bertz CT molecular complexity index is 307. The van der Waals surface area contributed by atoms with Crippen LogP contribution in [0.15, 0.2) is 0 Å². The topological polar surface area (TPSA) is 36.7 Å². The summed E-state index contributed by atoms with van der Waals surface area (Å²) in [5, 5.41) is 8.82. The van der Waals surface area contributed by atoms with Crippen LogP contribution in [0, 0.1) is 24.2 Å². The molecule has 0 bridgehead atoms. The third kappa shape index (κ3) is 1.83. The van der Waals surface area contributed by atoms with Crippen LogP contribution in [0.25, 0.3) is 0 Å². The summed E-state index contributed by atoms with van der Waals surface area (Å²) in [6, 6.07) is 2.20. The van der Waals surface area contributed by atoms with Gasteiger partial charge >= 0.3 is 0 Å². The molecule has 1 rings (SSSR count). The Morgan fingerprint density at radius 1 is 1.58 bits per heavy atom. The summed E-state index contributed by atoms with van der Waals surface area (Å²) < 4.78 is 4.16. The van der Waals surface area contributed by atoms with Crippen molar-refractivity contribution < 1.29 is 0 Å². The van der Waals surface area contributed by atoms with Crippen molar-refractivity contribution in [3.05, 3.63) is 16.1 Å². The van der Waals surface area contributed by atoms with E-state index in [-0.39, 0.29) is 0 Å². The van der Waals surface area contributed by atoms with Gasteiger partial charge in [0.05, 0.1) is 11.3 Å². The maximum Gasteiger partial charge on any atom is 0.102 e. The summed E-state index contributed by atoms with van der Waals surface area (Å²) in [7, 11) is 0. The van der Waals surface area contributed by atoms with Crippen molar-refractivity contribution in [2.24, 2.45) is 5.92 Å². The van der Waals surface area contributed by atoms with E-state index in [0.717, 1.165) is 22.6 Å². The van der Waals surface area contributed by atoms with Crippen molar-refractivity contribution in [2.45, 2.75) is 27.2 Å². The Labute approximate surface area is 77.0 Å². The maximum absolute atomic E-state index is 8.82. The van der Waals surface area contributed by atoms with Crippen LogP contribution < -0.4 is 0 Å². The third-order valence-electron chi connectivity index (χ3n) is 1.64. The maximum atomic E-state index is 8.82. The molecule has 0 aliphatic carbocycles. The highest BCUT2D eigenvalue weighted by atomic mass is 32.1. The van der Waals surface area contributed by atoms with Gasteiger partial charge in [-0.3, -0.25) is 0 Å². The van der Waals surface area contributed by atoms with Crippen LogP contribution in [0.3, 0.4) is 0 Å². The molecular weight excluding hydrogens is 168 g/mol. The van der Waals surface area contributed by atoms with E-state index in [1.807, 2.05) is 6.92 Å². The molecule has 0 radical (unpaired) electrons. The lowest BCUT2D eigenvalue weighted by Crippen LogP contribution is -1.93. The summed E-state index contributed by atoms with van der Waals surface area (Å²) in [4.78, 5) is 1.13. The molecule has 0 saturated carbocycles. The van der Waals surface area contributed by atoms with Gasteiger partial charge in [-0.25, -0.2) is 0 Å². The SMILES string of the molecule is Cc1nsc(CC(C)C)c1C#N. The van der Waals surface area contributed by atoms with Gasteiger partial charge in [-0.05, 0) is 30.8 Å². The van der Waals surface area contributed by atoms with Gasteiger partial charge in [-0.2, -0.15) is 9.64 Å². The molecule has 0 atom stereocenters. The number of hydrogen-bond acceptors (Lipinski definition) is 3. The lowest BCUT2D eigenvalue weighted by atomic mass is 10.1. The van der Waals surface area contributed by atoms with E-state index in [4.69, 9.17) is 5.26 Å². The van der Waals surface area contributed by atoms with Crippen LogP contribution in [0.1, 0.15) is 30.0 Å². The molecule has 0 aliphatic rings. The summed E-state index contributed by atoms with van der Waals surface area (Å²) >= 11 is 1.46. The molecule has 0 saturated heterocycles. The summed E-state index contributed by atoms with van der Waals surface area (Å²) in [6.07, 6.45) is 0.967. The highest BCUT2D eigenvalue weighted by Gasteiger charge is 2.10. The Morgan fingerprint density at radius 2 is 2.25 bits per heavy atom. The fraction of sp³-hybridized carbons (Fsp3) is 0.556. The van der Waals surface area contributed by atoms with Gasteiger partial charge in [0.15, 0.2) is 0 Å². The van der Waals surface area contributed by atoms with Crippen molar-refractivity contribution in [3.63, 3.8) is 0 Å². The molecule has 0 N–H and O–H groups in total. The van der Waals surface area contributed by atoms with Crippen molar-refractivity contribution in [3.8, 4) is 6.07 Å². The third-order valence-corrected chi connectivity index (χ3v) is 2.60. The molecule has 1 heterocycles. The van der Waals surface area contributed by atoms with Crippen molar-refractivity contribution >= 4 is 11.5 Å². The van der Waals surface area contributed by atoms with E-state index < -0.39 is 0 Å². The average Bonchev–Trinajstić information content (AvgIpc) is 2.30. The van der Waals surface area contributed by atoms with Crippen molar-refractivity contribution in [1.82, 2.24) is 4.37 Å². The first-order valence-corrected chi connectivity index (χ1v) is 4.77. The second kappa shape index (κ2) is 3.68. The van der Waals surface area contributed by atoms with E-state index in [1.165, 1.54) is 11.5 Å². The molecular formula is C9H12N2S. The van der Waals surface area contributed by atoms with Gasteiger partial charge in [0, 0.05) is 4.88 Å². The number of aryl methyl sites for hydroxylation is 1. The number of nitriles is 1. The highest BCUT2D eigenvalue weighted by molar-refractivity contribution is 7.06. The Hall–Kier alpha value is -0.880. The number of hydrogen-bond donors (Lipinski definition) is 0. The minimum absolute atomic E-state index is 0.594. The molecule has 0 aliphatic heterocycles. The first-order chi connectivity index (χ1) is 5.65. The van der Waals surface area contributed by atoms with Crippen molar-refractivity contribution in [2.75, 3.05) is 0 Å². The van der Waals surface area contributed by atoms with Crippen LogP contribution in [0.5, 0.6) is 0 Å². The van der Waals surface area contributed by atoms with Gasteiger partial charge in [0.2, 0.25) is 0 Å². The average molecular weight is 180 g/mol. The fourth-order valence-corrected chi connectivity index (χ4v) is 2.10. The molecule has 64 valence electrons. The second-order valence-corrected chi connectivity index (χ2v) is 4.13. The lowest BCUT2D eigenvalue weighted by Gasteiger charge is -2.00. The first kappa shape index (κ1) is 9.21. The van der Waals surface area contributed by atoms with E-state index in [0.29, 0.717) is 5.92 Å². The molecule has 12 heavy (non-hydrogen) atoms. The van der Waals surface area contributed by atoms with Crippen LogP contribution in [0.4, 0.5) is 0 Å². The van der Waals surface area contributed by atoms with E-state index >= 15 is 0 Å². The van der Waals surface area contributed by atoms with Crippen LogP contribution in [0.2, 0.25) is 0 Å². The quantitative estimate of drug-likeness (QED) is 0.701. The van der Waals surface area contributed by atoms with Gasteiger partial charge in [-0.1, -0.05) is 13.8 Å². The summed E-state index contributed by atoms with van der Waals surface area (Å²) in [5.41, 5.74) is 1.66. The molecule has 3 heteroatoms. The standard InChI is InChI=1S/C9H12N2S/c1-6(2)4-9-8(5-10)7(3)11-12-9/h6H,4H2,1-3H3. The Morgan fingerprint density at radius 3 is 2.75 bits per heavy atom. The molecule has 0 fully saturated rings. The first-order valence-electron chi connectivity index (χ1n) is 4.00. The molecule has 0 spiro atoms. The molecule has 2 nitrogen and oxygen atoms in total. The van der Waals surface area contributed by atoms with Crippen molar-refractivity contribution in [1.29, 1.82) is 5.26 Å². The fourth-order valence-electron chi connectivity index (χ4n) is 1.07. The molecule has 1 aromatic heterocycles. The zero-order chi connectivity index (χ0) is 9.14. The van der Waals surface area contributed by atoms with Gasteiger partial charge in [0.25, 0.3) is 0 Å². The van der Waals surface area contributed by atoms with Crippen LogP contribution in [-0.4, -0.2) is 4.37 Å². The molecule has 0 amide bonds. The monoisotopic (exact) mass is 180 g/mol. The Balaban J connectivity index is 2.94. The van der Waals surface area contributed by atoms with Crippen LogP contribution in [-0.2, 0) is 6.42 Å². The zero-order valence-electron chi connectivity index (χ0n) is 7.59. The van der Waals surface area contributed by atoms with Gasteiger partial charge in [0.1, 0.15) is 6.07 Å². The van der Waals surface area contributed by atoms with E-state index in [2.05, 4.69) is 24.3 Å². The second-order valence-electron chi connectivity index (χ2n) is 3.28. The minimum atomic E-state index is 0.594. The van der Waals surface area contributed by atoms with E-state index in [1.54, 1.807) is 0 Å². The minimum Gasteiger partial charge on any atom is -0.196 e. The molecule has 0 aromatic carbocycles. The summed E-state index contributed by atoms with van der Waals surface area (Å²) in [5.74, 6) is 0.594. The largest absolute Gasteiger partial charge is 0.196 e. The van der Waals surface area contributed by atoms with Gasteiger partial charge < -0.3 is 0 Å². The normalized spacial score (nSPS) is 10.2. The summed E-state index contributed by atoms with van der Waals surface area (Å²) in [6.45, 7) is 6.19. The zero-order valence-corrected chi connectivity index (χ0v) is 8.40. The molecule has 1 aromatic rings. The number of aromatic nitrogens is 1. The predicted octanol–water partition coefficient (Wildman–Crippen LogP) is 2.52. The van der Waals surface area contributed by atoms with E-state index in [9.17, 15) is 0 Å². The number of rotatable bonds is 2. The van der Waals surface area contributed by atoms with Gasteiger partial charge in [-0.15, -0.1) is 0 Å². The Kier molecular flexibility index (Phi) is 2.83. The number of nitrogens with zero attached hydrogens (tertiary/aromatic N) is 2. The smallest absolute Gasteiger partial charge is 0.102 e. The highest BCUT2D eigenvalue weighted by Crippen LogP contribution is 2.20. The molecule has 0 unspecified atom stereocenters. The predicted molar refractivity (Wildman–Crippen MR) is 50.1 cm³/mol. The lowest BCUT2D eigenvalue weighted by molar-refractivity contribution is 0.653.